The van der Waals surface area contributed by atoms with Crippen LogP contribution in [-0.2, 0) is 4.79 Å². The Morgan fingerprint density at radius 3 is 2.69 bits per heavy atom. The van der Waals surface area contributed by atoms with Gasteiger partial charge in [0.15, 0.2) is 0 Å². The number of hydrogen-bond donors (Lipinski definition) is 2. The van der Waals surface area contributed by atoms with Gasteiger partial charge in [-0.1, -0.05) is 52.3 Å². The number of hydrogen-bond acceptors (Lipinski definition) is 4. The molecule has 1 amide bonds. The van der Waals surface area contributed by atoms with Gasteiger partial charge in [-0.3, -0.25) is 9.36 Å². The Hall–Kier alpha value is -3.58. The van der Waals surface area contributed by atoms with Gasteiger partial charge >= 0.3 is 0 Å². The number of nitrogens with zero attached hydrogens (tertiary/aromatic N) is 2. The molecular weight excluding hydrogens is 468 g/mol. The zero-order valence-corrected chi connectivity index (χ0v) is 19.2. The van der Waals surface area contributed by atoms with E-state index in [-0.39, 0.29) is 11.9 Å². The van der Waals surface area contributed by atoms with Gasteiger partial charge in [-0.2, -0.15) is 0 Å². The van der Waals surface area contributed by atoms with Crippen LogP contribution in [0.2, 0.25) is 0 Å². The number of halogens is 1. The molecule has 32 heavy (non-hydrogen) atoms. The normalized spacial score (nSPS) is 15.3. The molecule has 0 saturated heterocycles. The lowest BCUT2D eigenvalue weighted by Crippen LogP contribution is -2.31. The number of aromatic nitrogens is 2. The van der Waals surface area contributed by atoms with E-state index in [4.69, 9.17) is 9.72 Å². The van der Waals surface area contributed by atoms with E-state index < -0.39 is 0 Å². The Morgan fingerprint density at radius 1 is 1.09 bits per heavy atom. The monoisotopic (exact) mass is 488 g/mol. The number of allylic oxidation sites excluding steroid dienone is 1. The van der Waals surface area contributed by atoms with Crippen LogP contribution in [0.4, 0.5) is 11.6 Å². The molecule has 1 atom stereocenters. The average molecular weight is 489 g/mol. The highest BCUT2D eigenvalue weighted by Crippen LogP contribution is 2.40. The lowest BCUT2D eigenvalue weighted by Gasteiger charge is -2.31. The van der Waals surface area contributed by atoms with Crippen molar-refractivity contribution in [2.45, 2.75) is 13.0 Å². The number of nitrogens with one attached hydrogen (secondary N) is 2. The van der Waals surface area contributed by atoms with Crippen molar-refractivity contribution in [2.75, 3.05) is 17.7 Å². The predicted molar refractivity (Wildman–Crippen MR) is 130 cm³/mol. The molecule has 5 rings (SSSR count). The molecule has 3 aromatic carbocycles. The van der Waals surface area contributed by atoms with Gasteiger partial charge in [0, 0.05) is 10.2 Å². The van der Waals surface area contributed by atoms with E-state index in [9.17, 15) is 4.79 Å². The second-order valence-corrected chi connectivity index (χ2v) is 8.49. The molecule has 1 aromatic heterocycles. The number of para-hydroxylation sites is 4. The first-order valence-corrected chi connectivity index (χ1v) is 11.0. The highest BCUT2D eigenvalue weighted by molar-refractivity contribution is 9.10. The molecule has 0 saturated carbocycles. The molecule has 2 heterocycles. The van der Waals surface area contributed by atoms with Crippen LogP contribution in [0.15, 0.2) is 88.5 Å². The van der Waals surface area contributed by atoms with Gasteiger partial charge in [-0.05, 0) is 48.9 Å². The SMILES string of the molecule is COc1ccccc1NC(=O)C1=C(C)Nc2nc3ccccc3n2[C@@H]1c1cccc(Br)c1. The van der Waals surface area contributed by atoms with Crippen molar-refractivity contribution in [3.63, 3.8) is 0 Å². The third-order valence-corrected chi connectivity index (χ3v) is 6.09. The lowest BCUT2D eigenvalue weighted by molar-refractivity contribution is -0.113. The summed E-state index contributed by atoms with van der Waals surface area (Å²) in [6.45, 7) is 1.91. The van der Waals surface area contributed by atoms with Gasteiger partial charge < -0.3 is 15.4 Å². The lowest BCUT2D eigenvalue weighted by atomic mass is 9.94. The number of rotatable bonds is 4. The molecule has 0 aliphatic carbocycles. The molecule has 4 aromatic rings. The molecular formula is C25H21BrN4O2. The second kappa shape index (κ2) is 8.16. The fourth-order valence-electron chi connectivity index (χ4n) is 4.19. The summed E-state index contributed by atoms with van der Waals surface area (Å²) in [5, 5.41) is 6.38. The number of methoxy groups -OCH3 is 1. The molecule has 160 valence electrons. The molecule has 1 aliphatic rings. The Kier molecular flexibility index (Phi) is 5.19. The number of anilines is 2. The molecule has 1 aliphatic heterocycles. The van der Waals surface area contributed by atoms with Gasteiger partial charge in [0.25, 0.3) is 5.91 Å². The van der Waals surface area contributed by atoms with Crippen molar-refractivity contribution in [2.24, 2.45) is 0 Å². The zero-order valence-electron chi connectivity index (χ0n) is 17.6. The molecule has 6 nitrogen and oxygen atoms in total. The number of benzene rings is 3. The number of ether oxygens (including phenoxy) is 1. The second-order valence-electron chi connectivity index (χ2n) is 7.57. The Morgan fingerprint density at radius 2 is 1.88 bits per heavy atom. The summed E-state index contributed by atoms with van der Waals surface area (Å²) in [7, 11) is 1.59. The van der Waals surface area contributed by atoms with Crippen molar-refractivity contribution in [1.82, 2.24) is 9.55 Å². The predicted octanol–water partition coefficient (Wildman–Crippen LogP) is 5.74. The van der Waals surface area contributed by atoms with Crippen LogP contribution in [-0.4, -0.2) is 22.6 Å². The number of carbonyl (C=O) groups excluding carboxylic acids is 1. The van der Waals surface area contributed by atoms with Gasteiger partial charge in [-0.25, -0.2) is 4.98 Å². The fourth-order valence-corrected chi connectivity index (χ4v) is 4.60. The standard InChI is InChI=1S/C25H21BrN4O2/c1-15-22(24(31)28-19-11-4-6-13-21(19)32-2)23(16-8-7-9-17(26)14-16)30-20-12-5-3-10-18(20)29-25(30)27-15/h3-14,23H,1-2H3,(H,27,29)(H,28,31)/t23-/m1/s1. The molecule has 0 bridgehead atoms. The van der Waals surface area contributed by atoms with Crippen LogP contribution >= 0.6 is 15.9 Å². The summed E-state index contributed by atoms with van der Waals surface area (Å²) in [6.07, 6.45) is 0. The Balaban J connectivity index is 1.67. The van der Waals surface area contributed by atoms with E-state index in [1.807, 2.05) is 79.7 Å². The topological polar surface area (TPSA) is 68.2 Å². The van der Waals surface area contributed by atoms with E-state index in [1.165, 1.54) is 0 Å². The maximum atomic E-state index is 13.7. The quantitative estimate of drug-likeness (QED) is 0.384. The van der Waals surface area contributed by atoms with Gasteiger partial charge in [0.2, 0.25) is 5.95 Å². The van der Waals surface area contributed by atoms with Crippen LogP contribution in [0.3, 0.4) is 0 Å². The van der Waals surface area contributed by atoms with E-state index in [2.05, 4.69) is 31.1 Å². The number of fused-ring (bicyclic) bond motifs is 3. The van der Waals surface area contributed by atoms with Crippen LogP contribution in [0, 0.1) is 0 Å². The third-order valence-electron chi connectivity index (χ3n) is 5.59. The third kappa shape index (κ3) is 3.44. The summed E-state index contributed by atoms with van der Waals surface area (Å²) in [5.74, 6) is 1.12. The summed E-state index contributed by atoms with van der Waals surface area (Å²) in [6, 6.07) is 23.0. The summed E-state index contributed by atoms with van der Waals surface area (Å²) < 4.78 is 8.45. The van der Waals surface area contributed by atoms with E-state index in [0.29, 0.717) is 23.0 Å². The minimum atomic E-state index is -0.356. The van der Waals surface area contributed by atoms with Crippen molar-refractivity contribution in [1.29, 1.82) is 0 Å². The Bertz CT molecular complexity index is 1380. The summed E-state index contributed by atoms with van der Waals surface area (Å²) >= 11 is 3.58. The van der Waals surface area contributed by atoms with Crippen molar-refractivity contribution < 1.29 is 9.53 Å². The summed E-state index contributed by atoms with van der Waals surface area (Å²) in [4.78, 5) is 18.4. The first kappa shape index (κ1) is 20.3. The van der Waals surface area contributed by atoms with Crippen LogP contribution in [0.5, 0.6) is 5.75 Å². The van der Waals surface area contributed by atoms with Crippen molar-refractivity contribution in [3.05, 3.63) is 94.1 Å². The van der Waals surface area contributed by atoms with Crippen LogP contribution < -0.4 is 15.4 Å². The van der Waals surface area contributed by atoms with E-state index in [1.54, 1.807) is 7.11 Å². The number of imidazole rings is 1. The maximum absolute atomic E-state index is 13.7. The van der Waals surface area contributed by atoms with Gasteiger partial charge in [-0.15, -0.1) is 0 Å². The largest absolute Gasteiger partial charge is 0.495 e. The first-order chi connectivity index (χ1) is 15.6. The molecule has 0 unspecified atom stereocenters. The molecule has 0 fully saturated rings. The van der Waals surface area contributed by atoms with Gasteiger partial charge in [0.1, 0.15) is 5.75 Å². The van der Waals surface area contributed by atoms with Gasteiger partial charge in [0.05, 0.1) is 35.4 Å². The van der Waals surface area contributed by atoms with Crippen molar-refractivity contribution in [3.8, 4) is 5.75 Å². The maximum Gasteiger partial charge on any atom is 0.255 e. The molecule has 2 N–H and O–H groups in total. The molecule has 0 spiro atoms. The average Bonchev–Trinajstić information content (AvgIpc) is 3.16. The molecule has 0 radical (unpaired) electrons. The Labute approximate surface area is 194 Å². The first-order valence-electron chi connectivity index (χ1n) is 10.2. The minimum Gasteiger partial charge on any atom is -0.495 e. The van der Waals surface area contributed by atoms with E-state index >= 15 is 0 Å². The van der Waals surface area contributed by atoms with E-state index in [0.717, 1.165) is 26.8 Å². The van der Waals surface area contributed by atoms with Crippen LogP contribution in [0.25, 0.3) is 11.0 Å². The fraction of sp³-hybridized carbons (Fsp3) is 0.120. The van der Waals surface area contributed by atoms with Crippen molar-refractivity contribution >= 4 is 44.5 Å². The smallest absolute Gasteiger partial charge is 0.255 e. The number of carbonyl (C=O) groups is 1. The number of amides is 1. The van der Waals surface area contributed by atoms with Crippen LogP contribution in [0.1, 0.15) is 18.5 Å². The zero-order chi connectivity index (χ0) is 22.2. The highest BCUT2D eigenvalue weighted by Gasteiger charge is 2.34. The highest BCUT2D eigenvalue weighted by atomic mass is 79.9. The molecule has 7 heteroatoms. The minimum absolute atomic E-state index is 0.201. The summed E-state index contributed by atoms with van der Waals surface area (Å²) in [5.41, 5.74) is 4.79.